The van der Waals surface area contributed by atoms with Gasteiger partial charge in [0.05, 0.1) is 12.8 Å². The van der Waals surface area contributed by atoms with Gasteiger partial charge in [-0.15, -0.1) is 0 Å². The molecule has 0 radical (unpaired) electrons. The highest BCUT2D eigenvalue weighted by Crippen LogP contribution is 2.25. The van der Waals surface area contributed by atoms with Crippen molar-refractivity contribution in [2.45, 2.75) is 12.5 Å². The molecule has 1 aliphatic heterocycles. The monoisotopic (exact) mass is 195 g/mol. The summed E-state index contributed by atoms with van der Waals surface area (Å²) in [5.74, 6) is 0.0255. The summed E-state index contributed by atoms with van der Waals surface area (Å²) >= 11 is 0. The molecule has 1 unspecified atom stereocenters. The fourth-order valence-corrected chi connectivity index (χ4v) is 1.37. The van der Waals surface area contributed by atoms with Crippen molar-refractivity contribution < 1.29 is 14.2 Å². The van der Waals surface area contributed by atoms with Crippen molar-refractivity contribution in [3.05, 3.63) is 41.7 Å². The van der Waals surface area contributed by atoms with Crippen LogP contribution in [0.1, 0.15) is 18.1 Å². The first-order chi connectivity index (χ1) is 6.77. The Bertz CT molecular complexity index is 365. The Labute approximate surface area is 80.9 Å². The van der Waals surface area contributed by atoms with Gasteiger partial charge < -0.3 is 9.84 Å². The van der Waals surface area contributed by atoms with Crippen molar-refractivity contribution in [2.24, 2.45) is 0 Å². The third-order valence-electron chi connectivity index (χ3n) is 2.04. The Balaban J connectivity index is 2.22. The fourth-order valence-electron chi connectivity index (χ4n) is 1.37. The van der Waals surface area contributed by atoms with Crippen molar-refractivity contribution in [1.82, 2.24) is 4.98 Å². The molecule has 0 saturated heterocycles. The minimum absolute atomic E-state index is 0.415. The van der Waals surface area contributed by atoms with Gasteiger partial charge in [-0.2, -0.15) is 0 Å². The second kappa shape index (κ2) is 3.75. The molecule has 0 amide bonds. The van der Waals surface area contributed by atoms with E-state index in [-0.39, 0.29) is 0 Å². The highest BCUT2D eigenvalue weighted by atomic mass is 19.1. The molecule has 0 spiro atoms. The number of nitrogens with zero attached hydrogens (tertiary/aromatic N) is 1. The molecule has 14 heavy (non-hydrogen) atoms. The number of ether oxygens (including phenoxy) is 1. The van der Waals surface area contributed by atoms with E-state index in [1.54, 1.807) is 6.08 Å². The molecular formula is C10H10FNO2. The fraction of sp³-hybridized carbons (Fsp3) is 0.300. The van der Waals surface area contributed by atoms with Crippen LogP contribution in [-0.4, -0.2) is 16.7 Å². The van der Waals surface area contributed by atoms with Crippen LogP contribution in [0.5, 0.6) is 0 Å². The maximum Gasteiger partial charge on any atom is 0.141 e. The van der Waals surface area contributed by atoms with Gasteiger partial charge in [0.25, 0.3) is 0 Å². The van der Waals surface area contributed by atoms with Crippen molar-refractivity contribution >= 4 is 0 Å². The zero-order chi connectivity index (χ0) is 9.97. The zero-order valence-electron chi connectivity index (χ0n) is 7.48. The van der Waals surface area contributed by atoms with Gasteiger partial charge in [-0.05, 0) is 12.1 Å². The van der Waals surface area contributed by atoms with E-state index in [1.807, 2.05) is 0 Å². The van der Waals surface area contributed by atoms with E-state index in [1.165, 1.54) is 12.3 Å². The third kappa shape index (κ3) is 1.75. The molecule has 0 saturated carbocycles. The molecule has 1 N–H and O–H groups in total. The summed E-state index contributed by atoms with van der Waals surface area (Å²) in [4.78, 5) is 3.66. The van der Waals surface area contributed by atoms with Gasteiger partial charge in [-0.1, -0.05) is 0 Å². The molecule has 0 aromatic carbocycles. The average molecular weight is 195 g/mol. The molecule has 74 valence electrons. The van der Waals surface area contributed by atoms with Crippen LogP contribution in [0.25, 0.3) is 0 Å². The second-order valence-electron chi connectivity index (χ2n) is 3.08. The number of halogens is 1. The third-order valence-corrected chi connectivity index (χ3v) is 2.04. The molecule has 2 heterocycles. The number of aromatic nitrogens is 1. The second-order valence-corrected chi connectivity index (χ2v) is 3.08. The standard InChI is InChI=1S/C10H10FNO2/c11-8-4-7(5-12-6-8)10(13)9-2-1-3-14-9/h2,4-6,10,13H,1,3H2. The van der Waals surface area contributed by atoms with Gasteiger partial charge in [-0.3, -0.25) is 4.98 Å². The number of rotatable bonds is 2. The van der Waals surface area contributed by atoms with Crippen LogP contribution in [0.2, 0.25) is 0 Å². The normalized spacial score (nSPS) is 17.4. The van der Waals surface area contributed by atoms with E-state index in [0.717, 1.165) is 12.6 Å². The van der Waals surface area contributed by atoms with Crippen molar-refractivity contribution in [3.8, 4) is 0 Å². The van der Waals surface area contributed by atoms with Crippen molar-refractivity contribution in [2.75, 3.05) is 6.61 Å². The average Bonchev–Trinajstić information content (AvgIpc) is 2.69. The molecular weight excluding hydrogens is 185 g/mol. The van der Waals surface area contributed by atoms with Gasteiger partial charge in [0.2, 0.25) is 0 Å². The van der Waals surface area contributed by atoms with Gasteiger partial charge in [-0.25, -0.2) is 4.39 Å². The van der Waals surface area contributed by atoms with E-state index >= 15 is 0 Å². The maximum atomic E-state index is 12.8. The minimum Gasteiger partial charge on any atom is -0.495 e. The summed E-state index contributed by atoms with van der Waals surface area (Å²) < 4.78 is 18.0. The Morgan fingerprint density at radius 3 is 3.00 bits per heavy atom. The Hall–Kier alpha value is -1.42. The van der Waals surface area contributed by atoms with Crippen LogP contribution in [0.3, 0.4) is 0 Å². The predicted molar refractivity (Wildman–Crippen MR) is 47.8 cm³/mol. The highest BCUT2D eigenvalue weighted by Gasteiger charge is 2.18. The summed E-state index contributed by atoms with van der Waals surface area (Å²) in [7, 11) is 0. The summed E-state index contributed by atoms with van der Waals surface area (Å²) in [5.41, 5.74) is 0.415. The van der Waals surface area contributed by atoms with E-state index in [9.17, 15) is 9.50 Å². The summed E-state index contributed by atoms with van der Waals surface area (Å²) in [6.07, 6.45) is 4.21. The molecule has 1 aromatic rings. The van der Waals surface area contributed by atoms with Crippen molar-refractivity contribution in [1.29, 1.82) is 0 Å². The minimum atomic E-state index is -0.902. The van der Waals surface area contributed by atoms with Crippen molar-refractivity contribution in [3.63, 3.8) is 0 Å². The molecule has 3 nitrogen and oxygen atoms in total. The molecule has 0 aliphatic carbocycles. The number of hydrogen-bond acceptors (Lipinski definition) is 3. The van der Waals surface area contributed by atoms with Gasteiger partial charge in [0, 0.05) is 18.2 Å². The molecule has 0 fully saturated rings. The number of pyridine rings is 1. The number of aliphatic hydroxyl groups excluding tert-OH is 1. The van der Waals surface area contributed by atoms with Gasteiger partial charge in [0.15, 0.2) is 0 Å². The van der Waals surface area contributed by atoms with E-state index in [0.29, 0.717) is 17.9 Å². The first-order valence-corrected chi connectivity index (χ1v) is 4.39. The van der Waals surface area contributed by atoms with E-state index < -0.39 is 11.9 Å². The topological polar surface area (TPSA) is 42.4 Å². The Morgan fingerprint density at radius 2 is 2.36 bits per heavy atom. The van der Waals surface area contributed by atoms with Crippen LogP contribution in [0, 0.1) is 5.82 Å². The first kappa shape index (κ1) is 9.15. The molecule has 1 aliphatic rings. The molecule has 1 atom stereocenters. The maximum absolute atomic E-state index is 12.8. The van der Waals surface area contributed by atoms with Gasteiger partial charge in [0.1, 0.15) is 17.7 Å². The highest BCUT2D eigenvalue weighted by molar-refractivity contribution is 5.21. The molecule has 0 bridgehead atoms. The van der Waals surface area contributed by atoms with Crippen LogP contribution in [0.15, 0.2) is 30.3 Å². The van der Waals surface area contributed by atoms with Crippen LogP contribution >= 0.6 is 0 Å². The lowest BCUT2D eigenvalue weighted by atomic mass is 10.1. The molecule has 4 heteroatoms. The van der Waals surface area contributed by atoms with Crippen LogP contribution in [-0.2, 0) is 4.74 Å². The van der Waals surface area contributed by atoms with Crippen LogP contribution in [0.4, 0.5) is 4.39 Å². The summed E-state index contributed by atoms with van der Waals surface area (Å²) in [6, 6.07) is 1.25. The quantitative estimate of drug-likeness (QED) is 0.778. The number of aliphatic hydroxyl groups is 1. The number of hydrogen-bond donors (Lipinski definition) is 1. The first-order valence-electron chi connectivity index (χ1n) is 4.39. The predicted octanol–water partition coefficient (Wildman–Crippen LogP) is 1.56. The lowest BCUT2D eigenvalue weighted by Crippen LogP contribution is -2.03. The lowest BCUT2D eigenvalue weighted by molar-refractivity contribution is 0.118. The zero-order valence-corrected chi connectivity index (χ0v) is 7.48. The van der Waals surface area contributed by atoms with E-state index in [2.05, 4.69) is 4.98 Å². The van der Waals surface area contributed by atoms with Crippen LogP contribution < -0.4 is 0 Å². The lowest BCUT2D eigenvalue weighted by Gasteiger charge is -2.11. The summed E-state index contributed by atoms with van der Waals surface area (Å²) in [5, 5.41) is 9.74. The van der Waals surface area contributed by atoms with E-state index in [4.69, 9.17) is 4.74 Å². The Kier molecular flexibility index (Phi) is 2.45. The summed E-state index contributed by atoms with van der Waals surface area (Å²) in [6.45, 7) is 0.579. The largest absolute Gasteiger partial charge is 0.495 e. The molecule has 1 aromatic heterocycles. The Morgan fingerprint density at radius 1 is 1.50 bits per heavy atom. The van der Waals surface area contributed by atoms with Gasteiger partial charge >= 0.3 is 0 Å². The SMILES string of the molecule is OC(C1=CCCO1)c1cncc(F)c1. The smallest absolute Gasteiger partial charge is 0.141 e. The molecule has 2 rings (SSSR count).